The second-order valence-electron chi connectivity index (χ2n) is 4.78. The van der Waals surface area contributed by atoms with Gasteiger partial charge in [0.05, 0.1) is 0 Å². The third-order valence-corrected chi connectivity index (χ3v) is 3.02. The Hall–Kier alpha value is -1.49. The first-order valence-corrected chi connectivity index (χ1v) is 5.98. The van der Waals surface area contributed by atoms with Gasteiger partial charge in [0.25, 0.3) is 5.91 Å². The van der Waals surface area contributed by atoms with E-state index in [0.717, 1.165) is 12.1 Å². The number of hydrogen-bond acceptors (Lipinski definition) is 2. The van der Waals surface area contributed by atoms with Gasteiger partial charge in [-0.3, -0.25) is 4.79 Å². The minimum absolute atomic E-state index is 0.118. The maximum atomic E-state index is 13.5. The Balaban J connectivity index is 2.26. The molecular weight excluding hydrogens is 238 g/mol. The van der Waals surface area contributed by atoms with Crippen LogP contribution < -0.4 is 5.32 Å². The molecule has 3 nitrogen and oxygen atoms in total. The molecule has 0 bridgehead atoms. The number of hydrogen-bond donors (Lipinski definition) is 1. The zero-order chi connectivity index (χ0) is 13.3. The number of carbonyl (C=O) groups excluding carboxylic acids is 1. The molecule has 1 heterocycles. The Morgan fingerprint density at radius 2 is 1.72 bits per heavy atom. The van der Waals surface area contributed by atoms with E-state index in [0.29, 0.717) is 13.1 Å². The maximum absolute atomic E-state index is 13.5. The van der Waals surface area contributed by atoms with Gasteiger partial charge in [0.15, 0.2) is 0 Å². The summed E-state index contributed by atoms with van der Waals surface area (Å²) in [4.78, 5) is 13.6. The van der Waals surface area contributed by atoms with Gasteiger partial charge < -0.3 is 10.2 Å². The van der Waals surface area contributed by atoms with Crippen molar-refractivity contribution in [1.29, 1.82) is 0 Å². The van der Waals surface area contributed by atoms with Crippen molar-refractivity contribution >= 4 is 5.91 Å². The van der Waals surface area contributed by atoms with Gasteiger partial charge in [0.2, 0.25) is 0 Å². The molecule has 1 fully saturated rings. The van der Waals surface area contributed by atoms with Crippen LogP contribution in [0.2, 0.25) is 0 Å². The van der Waals surface area contributed by atoms with Gasteiger partial charge in [-0.1, -0.05) is 6.07 Å². The number of amides is 1. The molecule has 0 radical (unpaired) electrons. The molecule has 1 N–H and O–H groups in total. The Kier molecular flexibility index (Phi) is 3.61. The number of nitrogens with one attached hydrogen (secondary N) is 1. The van der Waals surface area contributed by atoms with Gasteiger partial charge in [-0.05, 0) is 26.0 Å². The molecule has 2 unspecified atom stereocenters. The monoisotopic (exact) mass is 254 g/mol. The summed E-state index contributed by atoms with van der Waals surface area (Å²) < 4.78 is 27.1. The molecule has 1 aromatic rings. The van der Waals surface area contributed by atoms with Crippen LogP contribution in [0.15, 0.2) is 18.2 Å². The molecule has 1 aromatic carbocycles. The summed E-state index contributed by atoms with van der Waals surface area (Å²) in [5, 5.41) is 3.26. The molecule has 2 atom stereocenters. The van der Waals surface area contributed by atoms with E-state index in [1.54, 1.807) is 0 Å². The first-order valence-electron chi connectivity index (χ1n) is 5.98. The highest BCUT2D eigenvalue weighted by Crippen LogP contribution is 2.16. The molecule has 2 rings (SSSR count). The van der Waals surface area contributed by atoms with Crippen molar-refractivity contribution in [3.63, 3.8) is 0 Å². The number of carbonyl (C=O) groups is 1. The predicted octanol–water partition coefficient (Wildman–Crippen LogP) is 1.79. The van der Waals surface area contributed by atoms with Crippen LogP contribution in [0.3, 0.4) is 0 Å². The highest BCUT2D eigenvalue weighted by Gasteiger charge is 2.28. The lowest BCUT2D eigenvalue weighted by Gasteiger charge is -2.36. The molecule has 0 spiro atoms. The number of nitrogens with zero attached hydrogens (tertiary/aromatic N) is 1. The summed E-state index contributed by atoms with van der Waals surface area (Å²) in [6.45, 7) is 4.79. The van der Waals surface area contributed by atoms with Gasteiger partial charge in [-0.25, -0.2) is 8.78 Å². The lowest BCUT2D eigenvalue weighted by Crippen LogP contribution is -2.56. The van der Waals surface area contributed by atoms with Crippen molar-refractivity contribution in [2.75, 3.05) is 13.1 Å². The van der Waals surface area contributed by atoms with Gasteiger partial charge >= 0.3 is 0 Å². The Morgan fingerprint density at radius 3 is 2.22 bits per heavy atom. The molecule has 98 valence electrons. The van der Waals surface area contributed by atoms with Crippen LogP contribution in [0.5, 0.6) is 0 Å². The largest absolute Gasteiger partial charge is 0.335 e. The fourth-order valence-corrected chi connectivity index (χ4v) is 2.35. The molecule has 0 saturated carbocycles. The molecule has 1 saturated heterocycles. The second kappa shape index (κ2) is 5.02. The molecule has 0 aromatic heterocycles. The van der Waals surface area contributed by atoms with Gasteiger partial charge in [0.1, 0.15) is 17.2 Å². The summed E-state index contributed by atoms with van der Waals surface area (Å²) in [7, 11) is 0. The Bertz CT molecular complexity index is 434. The van der Waals surface area contributed by atoms with Gasteiger partial charge in [-0.2, -0.15) is 0 Å². The Morgan fingerprint density at radius 1 is 1.22 bits per heavy atom. The fraction of sp³-hybridized carbons (Fsp3) is 0.462. The van der Waals surface area contributed by atoms with E-state index >= 15 is 0 Å². The van der Waals surface area contributed by atoms with E-state index in [2.05, 4.69) is 5.32 Å². The minimum atomic E-state index is -0.807. The summed E-state index contributed by atoms with van der Waals surface area (Å²) in [5.41, 5.74) is -0.459. The molecule has 1 amide bonds. The zero-order valence-electron chi connectivity index (χ0n) is 10.4. The number of piperazine rings is 1. The van der Waals surface area contributed by atoms with Crippen molar-refractivity contribution in [1.82, 2.24) is 10.2 Å². The van der Waals surface area contributed by atoms with Crippen LogP contribution in [-0.2, 0) is 0 Å². The zero-order valence-corrected chi connectivity index (χ0v) is 10.4. The summed E-state index contributed by atoms with van der Waals surface area (Å²) >= 11 is 0. The molecule has 18 heavy (non-hydrogen) atoms. The van der Waals surface area contributed by atoms with Crippen LogP contribution in [0.1, 0.15) is 24.2 Å². The van der Waals surface area contributed by atoms with Crippen LogP contribution in [0, 0.1) is 11.6 Å². The first kappa shape index (κ1) is 13.0. The van der Waals surface area contributed by atoms with Crippen LogP contribution >= 0.6 is 0 Å². The third kappa shape index (κ3) is 2.51. The number of benzene rings is 1. The van der Waals surface area contributed by atoms with Crippen LogP contribution in [0.25, 0.3) is 0 Å². The van der Waals surface area contributed by atoms with E-state index < -0.39 is 23.1 Å². The molecular formula is C13H16F2N2O. The maximum Gasteiger partial charge on any atom is 0.259 e. The van der Waals surface area contributed by atoms with Crippen molar-refractivity contribution in [2.24, 2.45) is 0 Å². The number of halogens is 2. The smallest absolute Gasteiger partial charge is 0.259 e. The average molecular weight is 254 g/mol. The minimum Gasteiger partial charge on any atom is -0.335 e. The summed E-state index contributed by atoms with van der Waals surface area (Å²) in [6.07, 6.45) is 0. The van der Waals surface area contributed by atoms with E-state index in [9.17, 15) is 13.6 Å². The standard InChI is InChI=1S/C13H16F2N2O/c1-8-6-17(7-9(2)16-8)13(18)12-10(14)4-3-5-11(12)15/h3-5,8-9,16H,6-7H2,1-2H3. The van der Waals surface area contributed by atoms with Gasteiger partial charge in [-0.15, -0.1) is 0 Å². The van der Waals surface area contributed by atoms with E-state index in [1.807, 2.05) is 13.8 Å². The predicted molar refractivity (Wildman–Crippen MR) is 64.3 cm³/mol. The lowest BCUT2D eigenvalue weighted by atomic mass is 10.1. The molecule has 1 aliphatic rings. The van der Waals surface area contributed by atoms with E-state index in [4.69, 9.17) is 0 Å². The normalized spacial score (nSPS) is 24.1. The van der Waals surface area contributed by atoms with Crippen molar-refractivity contribution in [3.05, 3.63) is 35.4 Å². The number of rotatable bonds is 1. The first-order chi connectivity index (χ1) is 8.49. The van der Waals surface area contributed by atoms with Crippen LogP contribution in [0.4, 0.5) is 8.78 Å². The summed E-state index contributed by atoms with van der Waals surface area (Å²) in [6, 6.07) is 3.70. The van der Waals surface area contributed by atoms with E-state index in [1.165, 1.54) is 11.0 Å². The van der Waals surface area contributed by atoms with Crippen molar-refractivity contribution in [2.45, 2.75) is 25.9 Å². The van der Waals surface area contributed by atoms with Gasteiger partial charge in [0, 0.05) is 25.2 Å². The average Bonchev–Trinajstić information content (AvgIpc) is 2.27. The topological polar surface area (TPSA) is 32.3 Å². The molecule has 0 aliphatic carbocycles. The van der Waals surface area contributed by atoms with Crippen molar-refractivity contribution < 1.29 is 13.6 Å². The highest BCUT2D eigenvalue weighted by atomic mass is 19.1. The third-order valence-electron chi connectivity index (χ3n) is 3.02. The SMILES string of the molecule is CC1CN(C(=O)c2c(F)cccc2F)CC(C)N1. The fourth-order valence-electron chi connectivity index (χ4n) is 2.35. The van der Waals surface area contributed by atoms with Crippen LogP contribution in [-0.4, -0.2) is 36.0 Å². The van der Waals surface area contributed by atoms with Crippen molar-refractivity contribution in [3.8, 4) is 0 Å². The Labute approximate surface area is 105 Å². The highest BCUT2D eigenvalue weighted by molar-refractivity contribution is 5.94. The quantitative estimate of drug-likeness (QED) is 0.828. The molecule has 1 aliphatic heterocycles. The van der Waals surface area contributed by atoms with E-state index in [-0.39, 0.29) is 12.1 Å². The molecule has 5 heteroatoms. The summed E-state index contributed by atoms with van der Waals surface area (Å²) in [5.74, 6) is -2.19. The lowest BCUT2D eigenvalue weighted by molar-refractivity contribution is 0.0664. The second-order valence-corrected chi connectivity index (χ2v) is 4.78.